The highest BCUT2D eigenvalue weighted by atomic mass is 16.6. The Morgan fingerprint density at radius 3 is 2.94 bits per heavy atom. The summed E-state index contributed by atoms with van der Waals surface area (Å²) in [5.41, 5.74) is 1.03. The molecule has 0 bridgehead atoms. The third-order valence-corrected chi connectivity index (χ3v) is 2.39. The maximum absolute atomic E-state index is 5.66. The number of methoxy groups -OCH3 is 1. The Labute approximate surface area is 95.6 Å². The Bertz CT molecular complexity index is 381. The molecule has 0 aliphatic carbocycles. The summed E-state index contributed by atoms with van der Waals surface area (Å²) < 4.78 is 16.1. The molecule has 1 aliphatic rings. The van der Waals surface area contributed by atoms with Crippen LogP contribution in [0.5, 0.6) is 11.5 Å². The first kappa shape index (κ1) is 11.0. The van der Waals surface area contributed by atoms with Crippen molar-refractivity contribution in [1.29, 1.82) is 0 Å². The van der Waals surface area contributed by atoms with Gasteiger partial charge in [-0.2, -0.15) is 0 Å². The smallest absolute Gasteiger partial charge is 0.167 e. The average Bonchev–Trinajstić information content (AvgIpc) is 3.11. The van der Waals surface area contributed by atoms with Gasteiger partial charge in [0.2, 0.25) is 0 Å². The Balaban J connectivity index is 2.17. The van der Waals surface area contributed by atoms with Gasteiger partial charge in [0.25, 0.3) is 0 Å². The van der Waals surface area contributed by atoms with Gasteiger partial charge in [0, 0.05) is 5.56 Å². The molecule has 1 fully saturated rings. The summed E-state index contributed by atoms with van der Waals surface area (Å²) in [6.45, 7) is 3.37. The van der Waals surface area contributed by atoms with Crippen LogP contribution in [0.25, 0.3) is 6.08 Å². The Morgan fingerprint density at radius 2 is 2.31 bits per heavy atom. The fraction of sp³-hybridized carbons (Fsp3) is 0.385. The molecule has 1 saturated heterocycles. The van der Waals surface area contributed by atoms with Gasteiger partial charge in [-0.15, -0.1) is 0 Å². The molecule has 2 rings (SSSR count). The molecule has 0 N–H and O–H groups in total. The van der Waals surface area contributed by atoms with Gasteiger partial charge in [0.05, 0.1) is 13.7 Å². The highest BCUT2D eigenvalue weighted by molar-refractivity contribution is 5.62. The lowest BCUT2D eigenvalue weighted by atomic mass is 10.1. The van der Waals surface area contributed by atoms with E-state index < -0.39 is 0 Å². The molecule has 0 saturated carbocycles. The molecule has 0 amide bonds. The van der Waals surface area contributed by atoms with Gasteiger partial charge in [-0.05, 0) is 13.0 Å². The van der Waals surface area contributed by atoms with E-state index in [9.17, 15) is 0 Å². The maximum Gasteiger partial charge on any atom is 0.167 e. The summed E-state index contributed by atoms with van der Waals surface area (Å²) >= 11 is 0. The zero-order valence-corrected chi connectivity index (χ0v) is 9.60. The van der Waals surface area contributed by atoms with Crippen molar-refractivity contribution in [2.24, 2.45) is 0 Å². The largest absolute Gasteiger partial charge is 0.492 e. The van der Waals surface area contributed by atoms with Crippen LogP contribution in [-0.2, 0) is 4.74 Å². The van der Waals surface area contributed by atoms with Crippen LogP contribution < -0.4 is 9.47 Å². The van der Waals surface area contributed by atoms with E-state index in [1.165, 1.54) is 0 Å². The Kier molecular flexibility index (Phi) is 3.47. The fourth-order valence-corrected chi connectivity index (χ4v) is 1.52. The van der Waals surface area contributed by atoms with Crippen molar-refractivity contribution in [2.45, 2.75) is 13.0 Å². The molecule has 0 radical (unpaired) electrons. The zero-order valence-electron chi connectivity index (χ0n) is 9.60. The van der Waals surface area contributed by atoms with Crippen LogP contribution in [0.3, 0.4) is 0 Å². The maximum atomic E-state index is 5.66. The molecule has 1 atom stereocenters. The summed E-state index contributed by atoms with van der Waals surface area (Å²) in [6, 6.07) is 5.87. The van der Waals surface area contributed by atoms with Gasteiger partial charge in [0.1, 0.15) is 12.7 Å². The molecule has 1 unspecified atom stereocenters. The lowest BCUT2D eigenvalue weighted by Gasteiger charge is -2.11. The van der Waals surface area contributed by atoms with Crippen LogP contribution in [0.2, 0.25) is 0 Å². The van der Waals surface area contributed by atoms with Crippen LogP contribution in [0.4, 0.5) is 0 Å². The van der Waals surface area contributed by atoms with Crippen molar-refractivity contribution < 1.29 is 14.2 Å². The number of para-hydroxylation sites is 1. The number of benzene rings is 1. The third-order valence-electron chi connectivity index (χ3n) is 2.39. The summed E-state index contributed by atoms with van der Waals surface area (Å²) in [6.07, 6.45) is 4.24. The van der Waals surface area contributed by atoms with Gasteiger partial charge in [-0.1, -0.05) is 24.3 Å². The molecule has 1 aliphatic heterocycles. The number of hydrogen-bond donors (Lipinski definition) is 0. The van der Waals surface area contributed by atoms with Crippen LogP contribution in [0, 0.1) is 0 Å². The van der Waals surface area contributed by atoms with E-state index in [1.807, 2.05) is 37.3 Å². The quantitative estimate of drug-likeness (QED) is 0.714. The zero-order chi connectivity index (χ0) is 11.4. The molecule has 0 aromatic heterocycles. The normalized spacial score (nSPS) is 18.8. The average molecular weight is 220 g/mol. The summed E-state index contributed by atoms with van der Waals surface area (Å²) in [5, 5.41) is 0. The van der Waals surface area contributed by atoms with E-state index in [2.05, 4.69) is 0 Å². The van der Waals surface area contributed by atoms with E-state index in [4.69, 9.17) is 14.2 Å². The molecular formula is C13H16O3. The van der Waals surface area contributed by atoms with Gasteiger partial charge < -0.3 is 14.2 Å². The SMILES string of the molecule is CC=Cc1cccc(OCC2CO2)c1OC. The minimum Gasteiger partial charge on any atom is -0.492 e. The topological polar surface area (TPSA) is 31.0 Å². The number of rotatable bonds is 5. The van der Waals surface area contributed by atoms with Crippen molar-refractivity contribution in [1.82, 2.24) is 0 Å². The van der Waals surface area contributed by atoms with Gasteiger partial charge in [-0.25, -0.2) is 0 Å². The summed E-state index contributed by atoms with van der Waals surface area (Å²) in [5.74, 6) is 1.55. The minimum atomic E-state index is 0.259. The fourth-order valence-electron chi connectivity index (χ4n) is 1.52. The minimum absolute atomic E-state index is 0.259. The van der Waals surface area contributed by atoms with Crippen molar-refractivity contribution in [3.05, 3.63) is 29.8 Å². The van der Waals surface area contributed by atoms with Crippen molar-refractivity contribution in [3.8, 4) is 11.5 Å². The number of hydrogen-bond acceptors (Lipinski definition) is 3. The molecule has 16 heavy (non-hydrogen) atoms. The Morgan fingerprint density at radius 1 is 1.50 bits per heavy atom. The second kappa shape index (κ2) is 5.03. The highest BCUT2D eigenvalue weighted by Crippen LogP contribution is 2.32. The second-order valence-electron chi connectivity index (χ2n) is 3.64. The molecule has 3 nitrogen and oxygen atoms in total. The van der Waals surface area contributed by atoms with Crippen LogP contribution in [0.1, 0.15) is 12.5 Å². The Hall–Kier alpha value is -1.48. The van der Waals surface area contributed by atoms with Crippen LogP contribution in [0.15, 0.2) is 24.3 Å². The molecule has 0 spiro atoms. The monoisotopic (exact) mass is 220 g/mol. The summed E-state index contributed by atoms with van der Waals surface area (Å²) in [4.78, 5) is 0. The summed E-state index contributed by atoms with van der Waals surface area (Å²) in [7, 11) is 1.66. The first-order valence-electron chi connectivity index (χ1n) is 5.39. The van der Waals surface area contributed by atoms with Crippen molar-refractivity contribution in [2.75, 3.05) is 20.3 Å². The molecule has 1 aromatic carbocycles. The van der Waals surface area contributed by atoms with E-state index in [-0.39, 0.29) is 6.10 Å². The predicted octanol–water partition coefficient (Wildman–Crippen LogP) is 2.51. The third kappa shape index (κ3) is 2.55. The molecule has 3 heteroatoms. The van der Waals surface area contributed by atoms with Crippen LogP contribution >= 0.6 is 0 Å². The van der Waals surface area contributed by atoms with E-state index in [0.29, 0.717) is 6.61 Å². The molecule has 1 heterocycles. The number of allylic oxidation sites excluding steroid dienone is 1. The van der Waals surface area contributed by atoms with Gasteiger partial charge >= 0.3 is 0 Å². The van der Waals surface area contributed by atoms with E-state index in [0.717, 1.165) is 23.7 Å². The predicted molar refractivity (Wildman–Crippen MR) is 62.9 cm³/mol. The van der Waals surface area contributed by atoms with Crippen molar-refractivity contribution >= 4 is 6.08 Å². The van der Waals surface area contributed by atoms with E-state index >= 15 is 0 Å². The number of epoxide rings is 1. The van der Waals surface area contributed by atoms with E-state index in [1.54, 1.807) is 7.11 Å². The lowest BCUT2D eigenvalue weighted by Crippen LogP contribution is -2.05. The molecule has 86 valence electrons. The van der Waals surface area contributed by atoms with Crippen molar-refractivity contribution in [3.63, 3.8) is 0 Å². The first-order valence-corrected chi connectivity index (χ1v) is 5.39. The number of ether oxygens (including phenoxy) is 3. The standard InChI is InChI=1S/C13H16O3/c1-3-5-10-6-4-7-12(13(10)14-2)16-9-11-8-15-11/h3-7,11H,8-9H2,1-2H3. The second-order valence-corrected chi connectivity index (χ2v) is 3.64. The van der Waals surface area contributed by atoms with Crippen LogP contribution in [-0.4, -0.2) is 26.4 Å². The lowest BCUT2D eigenvalue weighted by molar-refractivity contribution is 0.252. The molecular weight excluding hydrogens is 204 g/mol. The van der Waals surface area contributed by atoms with Gasteiger partial charge in [-0.3, -0.25) is 0 Å². The first-order chi connectivity index (χ1) is 7.85. The highest BCUT2D eigenvalue weighted by Gasteiger charge is 2.23. The molecule has 1 aromatic rings. The van der Waals surface area contributed by atoms with Gasteiger partial charge in [0.15, 0.2) is 11.5 Å².